The van der Waals surface area contributed by atoms with Crippen molar-refractivity contribution in [2.75, 3.05) is 20.8 Å². The highest BCUT2D eigenvalue weighted by atomic mass is 16.5. The third-order valence-corrected chi connectivity index (χ3v) is 3.83. The van der Waals surface area contributed by atoms with Crippen molar-refractivity contribution in [3.05, 3.63) is 46.9 Å². The molecule has 0 aliphatic heterocycles. The van der Waals surface area contributed by atoms with E-state index in [9.17, 15) is 5.11 Å². The number of benzene rings is 1. The van der Waals surface area contributed by atoms with Crippen LogP contribution in [0.1, 0.15) is 29.6 Å². The first-order chi connectivity index (χ1) is 10.9. The first-order valence-corrected chi connectivity index (χ1v) is 7.58. The van der Waals surface area contributed by atoms with E-state index in [1.807, 2.05) is 38.1 Å². The number of aliphatic hydroxyl groups is 1. The third kappa shape index (κ3) is 4.27. The summed E-state index contributed by atoms with van der Waals surface area (Å²) in [5.74, 6) is 3.04. The largest absolute Gasteiger partial charge is 0.497 e. The van der Waals surface area contributed by atoms with E-state index in [2.05, 4.69) is 5.32 Å². The average molecular weight is 319 g/mol. The summed E-state index contributed by atoms with van der Waals surface area (Å²) in [6.45, 7) is 6.53. The number of nitrogens with one attached hydrogen (secondary N) is 1. The van der Waals surface area contributed by atoms with E-state index in [-0.39, 0.29) is 0 Å². The van der Waals surface area contributed by atoms with Crippen LogP contribution in [0.2, 0.25) is 0 Å². The van der Waals surface area contributed by atoms with E-state index < -0.39 is 5.60 Å². The zero-order valence-electron chi connectivity index (χ0n) is 14.4. The van der Waals surface area contributed by atoms with Gasteiger partial charge in [0.1, 0.15) is 28.6 Å². The van der Waals surface area contributed by atoms with Crippen LogP contribution in [-0.4, -0.2) is 25.9 Å². The molecule has 0 bridgehead atoms. The molecule has 23 heavy (non-hydrogen) atoms. The van der Waals surface area contributed by atoms with Crippen LogP contribution in [0.3, 0.4) is 0 Å². The van der Waals surface area contributed by atoms with Gasteiger partial charge in [0, 0.05) is 24.7 Å². The molecule has 0 spiro atoms. The molecule has 2 N–H and O–H groups in total. The number of methoxy groups -OCH3 is 2. The van der Waals surface area contributed by atoms with Crippen molar-refractivity contribution in [2.24, 2.45) is 0 Å². The van der Waals surface area contributed by atoms with E-state index >= 15 is 0 Å². The Hall–Kier alpha value is -1.98. The number of rotatable bonds is 7. The molecule has 0 aliphatic carbocycles. The number of ether oxygens (including phenoxy) is 2. The Balaban J connectivity index is 2.03. The molecule has 5 nitrogen and oxygen atoms in total. The van der Waals surface area contributed by atoms with Gasteiger partial charge >= 0.3 is 0 Å². The van der Waals surface area contributed by atoms with Crippen LogP contribution in [0.5, 0.6) is 11.5 Å². The summed E-state index contributed by atoms with van der Waals surface area (Å²) in [6.07, 6.45) is 0. The van der Waals surface area contributed by atoms with Gasteiger partial charge in [0.15, 0.2) is 0 Å². The summed E-state index contributed by atoms with van der Waals surface area (Å²) >= 11 is 0. The van der Waals surface area contributed by atoms with Gasteiger partial charge in [0.05, 0.1) is 14.2 Å². The van der Waals surface area contributed by atoms with Crippen LogP contribution < -0.4 is 14.8 Å². The summed E-state index contributed by atoms with van der Waals surface area (Å²) in [6, 6.07) is 7.60. The SMILES string of the molecule is COc1cc(CNCC(C)(O)c2cc(C)oc2C)cc(OC)c1. The quantitative estimate of drug-likeness (QED) is 0.821. The fourth-order valence-electron chi connectivity index (χ4n) is 2.68. The minimum Gasteiger partial charge on any atom is -0.497 e. The number of furan rings is 1. The fourth-order valence-corrected chi connectivity index (χ4v) is 2.68. The molecule has 0 aliphatic rings. The Morgan fingerprint density at radius 1 is 1.09 bits per heavy atom. The van der Waals surface area contributed by atoms with Gasteiger partial charge in [-0.05, 0) is 44.5 Å². The van der Waals surface area contributed by atoms with E-state index in [4.69, 9.17) is 13.9 Å². The molecule has 1 aromatic carbocycles. The molecule has 1 unspecified atom stereocenters. The second-order valence-corrected chi connectivity index (χ2v) is 5.93. The van der Waals surface area contributed by atoms with Gasteiger partial charge < -0.3 is 24.3 Å². The highest BCUT2D eigenvalue weighted by Gasteiger charge is 2.27. The molecule has 0 fully saturated rings. The van der Waals surface area contributed by atoms with Crippen LogP contribution in [0.25, 0.3) is 0 Å². The summed E-state index contributed by atoms with van der Waals surface area (Å²) in [5.41, 5.74) is 0.841. The van der Waals surface area contributed by atoms with E-state index in [0.29, 0.717) is 13.1 Å². The van der Waals surface area contributed by atoms with Crippen LogP contribution in [0, 0.1) is 13.8 Å². The highest BCUT2D eigenvalue weighted by Crippen LogP contribution is 2.27. The molecule has 0 radical (unpaired) electrons. The zero-order valence-corrected chi connectivity index (χ0v) is 14.4. The lowest BCUT2D eigenvalue weighted by Gasteiger charge is -2.23. The van der Waals surface area contributed by atoms with Gasteiger partial charge in [-0.25, -0.2) is 0 Å². The molecule has 2 aromatic rings. The van der Waals surface area contributed by atoms with Crippen LogP contribution in [0.15, 0.2) is 28.7 Å². The van der Waals surface area contributed by atoms with E-state index in [1.165, 1.54) is 0 Å². The maximum Gasteiger partial charge on any atom is 0.122 e. The Morgan fingerprint density at radius 2 is 1.70 bits per heavy atom. The van der Waals surface area contributed by atoms with Gasteiger partial charge in [0.2, 0.25) is 0 Å². The lowest BCUT2D eigenvalue weighted by Crippen LogP contribution is -2.35. The standard InChI is InChI=1S/C18H25NO4/c1-12-6-17(13(2)23-12)18(3,20)11-19-10-14-7-15(21-4)9-16(8-14)22-5/h6-9,19-20H,10-11H2,1-5H3. The van der Waals surface area contributed by atoms with Crippen LogP contribution >= 0.6 is 0 Å². The van der Waals surface area contributed by atoms with Gasteiger partial charge in [-0.3, -0.25) is 0 Å². The van der Waals surface area contributed by atoms with Crippen molar-refractivity contribution < 1.29 is 19.0 Å². The fraction of sp³-hybridized carbons (Fsp3) is 0.444. The minimum atomic E-state index is -0.995. The Bertz CT molecular complexity index is 639. The second-order valence-electron chi connectivity index (χ2n) is 5.93. The summed E-state index contributed by atoms with van der Waals surface area (Å²) in [5, 5.41) is 14.0. The molecule has 1 heterocycles. The van der Waals surface area contributed by atoms with E-state index in [0.717, 1.165) is 34.1 Å². The normalized spacial score (nSPS) is 13.7. The van der Waals surface area contributed by atoms with Gasteiger partial charge in [0.25, 0.3) is 0 Å². The van der Waals surface area contributed by atoms with Crippen LogP contribution in [-0.2, 0) is 12.1 Å². The van der Waals surface area contributed by atoms with Gasteiger partial charge in [-0.15, -0.1) is 0 Å². The van der Waals surface area contributed by atoms with Gasteiger partial charge in [-0.1, -0.05) is 0 Å². The molecule has 0 saturated carbocycles. The zero-order chi connectivity index (χ0) is 17.0. The maximum absolute atomic E-state index is 10.7. The first kappa shape index (κ1) is 17.4. The van der Waals surface area contributed by atoms with Crippen molar-refractivity contribution in [3.63, 3.8) is 0 Å². The average Bonchev–Trinajstić information content (AvgIpc) is 2.86. The predicted octanol–water partition coefficient (Wildman–Crippen LogP) is 2.91. The molecule has 1 aromatic heterocycles. The van der Waals surface area contributed by atoms with Crippen molar-refractivity contribution in [1.82, 2.24) is 5.32 Å². The van der Waals surface area contributed by atoms with Crippen LogP contribution in [0.4, 0.5) is 0 Å². The van der Waals surface area contributed by atoms with Crippen molar-refractivity contribution >= 4 is 0 Å². The first-order valence-electron chi connectivity index (χ1n) is 7.58. The predicted molar refractivity (Wildman–Crippen MR) is 89.0 cm³/mol. The maximum atomic E-state index is 10.7. The summed E-state index contributed by atoms with van der Waals surface area (Å²) in [4.78, 5) is 0. The Kier molecular flexibility index (Phi) is 5.34. The molecule has 126 valence electrons. The molecule has 0 saturated heterocycles. The van der Waals surface area contributed by atoms with Crippen molar-refractivity contribution in [3.8, 4) is 11.5 Å². The molecular formula is C18H25NO4. The number of hydrogen-bond donors (Lipinski definition) is 2. The number of hydrogen-bond acceptors (Lipinski definition) is 5. The van der Waals surface area contributed by atoms with Crippen molar-refractivity contribution in [1.29, 1.82) is 0 Å². The van der Waals surface area contributed by atoms with E-state index in [1.54, 1.807) is 21.1 Å². The summed E-state index contributed by atoms with van der Waals surface area (Å²) in [7, 11) is 3.25. The highest BCUT2D eigenvalue weighted by molar-refractivity contribution is 5.38. The lowest BCUT2D eigenvalue weighted by atomic mass is 9.96. The molecule has 2 rings (SSSR count). The lowest BCUT2D eigenvalue weighted by molar-refractivity contribution is 0.0552. The smallest absolute Gasteiger partial charge is 0.122 e. The van der Waals surface area contributed by atoms with Gasteiger partial charge in [-0.2, -0.15) is 0 Å². The third-order valence-electron chi connectivity index (χ3n) is 3.83. The second kappa shape index (κ2) is 7.06. The Morgan fingerprint density at radius 3 is 2.17 bits per heavy atom. The molecule has 5 heteroatoms. The molecule has 0 amide bonds. The Labute approximate surface area is 137 Å². The monoisotopic (exact) mass is 319 g/mol. The summed E-state index contributed by atoms with van der Waals surface area (Å²) < 4.78 is 16.0. The number of aryl methyl sites for hydroxylation is 2. The van der Waals surface area contributed by atoms with Crippen molar-refractivity contribution in [2.45, 2.75) is 32.9 Å². The molecular weight excluding hydrogens is 294 g/mol. The topological polar surface area (TPSA) is 63.9 Å². The molecule has 1 atom stereocenters. The minimum absolute atomic E-state index is 0.409.